The fourth-order valence-electron chi connectivity index (χ4n) is 2.18. The van der Waals surface area contributed by atoms with E-state index in [2.05, 4.69) is 5.32 Å². The molecule has 98 valence electrons. The smallest absolute Gasteiger partial charge is 0.307 e. The third-order valence-corrected chi connectivity index (χ3v) is 4.15. The largest absolute Gasteiger partial charge is 0.481 e. The van der Waals surface area contributed by atoms with Crippen LogP contribution in [0.25, 0.3) is 0 Å². The van der Waals surface area contributed by atoms with E-state index in [0.717, 1.165) is 0 Å². The Morgan fingerprint density at radius 3 is 2.35 bits per heavy atom. The summed E-state index contributed by atoms with van der Waals surface area (Å²) in [7, 11) is -0.850. The minimum Gasteiger partial charge on any atom is -0.481 e. The Morgan fingerprint density at radius 2 is 1.94 bits per heavy atom. The fourth-order valence-corrected chi connectivity index (χ4v) is 2.74. The van der Waals surface area contributed by atoms with Crippen molar-refractivity contribution in [2.75, 3.05) is 18.6 Å². The molecular formula is C11H19NO4S. The molecule has 2 N–H and O–H groups in total. The van der Waals surface area contributed by atoms with E-state index in [-0.39, 0.29) is 5.91 Å². The zero-order chi connectivity index (χ0) is 13.2. The Hall–Kier alpha value is -0.910. The van der Waals surface area contributed by atoms with Gasteiger partial charge in [0.2, 0.25) is 5.91 Å². The van der Waals surface area contributed by atoms with Crippen LogP contribution in [0.2, 0.25) is 0 Å². The van der Waals surface area contributed by atoms with Crippen LogP contribution in [0.15, 0.2) is 0 Å². The summed E-state index contributed by atoms with van der Waals surface area (Å²) in [5, 5.41) is 11.6. The molecule has 1 rings (SSSR count). The van der Waals surface area contributed by atoms with Crippen LogP contribution >= 0.6 is 0 Å². The fraction of sp³-hybridized carbons (Fsp3) is 0.818. The Labute approximate surface area is 103 Å². The quantitative estimate of drug-likeness (QED) is 0.670. The third kappa shape index (κ3) is 3.28. The first-order chi connectivity index (χ1) is 7.78. The highest BCUT2D eigenvalue weighted by atomic mass is 32.2. The molecule has 0 bridgehead atoms. The number of rotatable bonds is 6. The molecule has 1 amide bonds. The van der Waals surface area contributed by atoms with Gasteiger partial charge in [0.1, 0.15) is 0 Å². The van der Waals surface area contributed by atoms with Crippen molar-refractivity contribution in [3.8, 4) is 0 Å². The number of carbonyl (C=O) groups excluding carboxylic acids is 1. The number of carbonyl (C=O) groups is 2. The van der Waals surface area contributed by atoms with Gasteiger partial charge in [0.15, 0.2) is 0 Å². The van der Waals surface area contributed by atoms with E-state index in [1.807, 2.05) is 0 Å². The lowest BCUT2D eigenvalue weighted by molar-refractivity contribution is -0.140. The monoisotopic (exact) mass is 261 g/mol. The molecule has 0 saturated heterocycles. The minimum atomic E-state index is -0.912. The summed E-state index contributed by atoms with van der Waals surface area (Å²) in [4.78, 5) is 22.6. The minimum absolute atomic E-state index is 0.204. The second-order valence-electron chi connectivity index (χ2n) is 5.04. The molecule has 0 aliphatic heterocycles. The van der Waals surface area contributed by atoms with E-state index in [9.17, 15) is 13.8 Å². The van der Waals surface area contributed by atoms with E-state index in [1.165, 1.54) is 0 Å². The van der Waals surface area contributed by atoms with Crippen molar-refractivity contribution < 1.29 is 18.9 Å². The zero-order valence-corrected chi connectivity index (χ0v) is 11.2. The highest BCUT2D eigenvalue weighted by Crippen LogP contribution is 2.58. The van der Waals surface area contributed by atoms with E-state index < -0.39 is 34.0 Å². The molecule has 0 radical (unpaired) electrons. The Kier molecular flexibility index (Phi) is 4.30. The predicted octanol–water partition coefficient (Wildman–Crippen LogP) is 0.228. The summed E-state index contributed by atoms with van der Waals surface area (Å²) in [6.45, 7) is 4.03. The average Bonchev–Trinajstić information content (AvgIpc) is 2.76. The number of carboxylic acid groups (broad SMARTS) is 1. The average molecular weight is 261 g/mol. The van der Waals surface area contributed by atoms with Crippen LogP contribution in [-0.4, -0.2) is 39.7 Å². The van der Waals surface area contributed by atoms with Crippen LogP contribution in [0.3, 0.4) is 0 Å². The van der Waals surface area contributed by atoms with E-state index in [0.29, 0.717) is 18.7 Å². The summed E-state index contributed by atoms with van der Waals surface area (Å²) < 4.78 is 10.8. The molecule has 5 nitrogen and oxygen atoms in total. The Bertz CT molecular complexity index is 353. The van der Waals surface area contributed by atoms with Gasteiger partial charge in [-0.15, -0.1) is 0 Å². The first-order valence-electron chi connectivity index (χ1n) is 5.59. The summed E-state index contributed by atoms with van der Waals surface area (Å²) in [5.41, 5.74) is -0.455. The van der Waals surface area contributed by atoms with Gasteiger partial charge in [-0.3, -0.25) is 13.8 Å². The number of amides is 1. The molecule has 1 aliphatic rings. The maximum Gasteiger partial charge on any atom is 0.307 e. The van der Waals surface area contributed by atoms with E-state index in [4.69, 9.17) is 5.11 Å². The molecule has 0 aromatic rings. The van der Waals surface area contributed by atoms with Gasteiger partial charge >= 0.3 is 5.97 Å². The Morgan fingerprint density at radius 1 is 1.35 bits per heavy atom. The van der Waals surface area contributed by atoms with Crippen LogP contribution in [0, 0.1) is 17.3 Å². The van der Waals surface area contributed by atoms with Gasteiger partial charge in [-0.05, 0) is 11.8 Å². The molecule has 3 unspecified atom stereocenters. The van der Waals surface area contributed by atoms with Gasteiger partial charge in [0, 0.05) is 29.4 Å². The number of aliphatic carboxylic acids is 1. The molecule has 6 heteroatoms. The van der Waals surface area contributed by atoms with Gasteiger partial charge in [0.25, 0.3) is 0 Å². The third-order valence-electron chi connectivity index (χ3n) is 3.28. The molecule has 0 aromatic carbocycles. The summed E-state index contributed by atoms with van der Waals surface area (Å²) in [5.74, 6) is -1.58. The lowest BCUT2D eigenvalue weighted by Gasteiger charge is -2.05. The Balaban J connectivity index is 2.35. The standard InChI is InChI=1S/C11H19NO4S/c1-11(2)7(8(11)10(14)15)9(13)12-5-4-6-17(3)16/h7-8H,4-6H2,1-3H3,(H,12,13)(H,14,15). The van der Waals surface area contributed by atoms with Crippen molar-refractivity contribution in [2.24, 2.45) is 17.3 Å². The summed E-state index contributed by atoms with van der Waals surface area (Å²) in [6.07, 6.45) is 2.27. The SMILES string of the molecule is CS(=O)CCCNC(=O)C1C(C(=O)O)C1(C)C. The van der Waals surface area contributed by atoms with Crippen molar-refractivity contribution >= 4 is 22.7 Å². The molecule has 3 atom stereocenters. The molecule has 0 spiro atoms. The maximum absolute atomic E-state index is 11.7. The summed E-state index contributed by atoms with van der Waals surface area (Å²) >= 11 is 0. The molecule has 17 heavy (non-hydrogen) atoms. The first-order valence-corrected chi connectivity index (χ1v) is 7.31. The van der Waals surface area contributed by atoms with E-state index in [1.54, 1.807) is 20.1 Å². The van der Waals surface area contributed by atoms with Crippen molar-refractivity contribution in [1.82, 2.24) is 5.32 Å². The van der Waals surface area contributed by atoms with Gasteiger partial charge in [-0.2, -0.15) is 0 Å². The number of hydrogen-bond donors (Lipinski definition) is 2. The number of nitrogens with one attached hydrogen (secondary N) is 1. The van der Waals surface area contributed by atoms with Crippen LogP contribution in [0.1, 0.15) is 20.3 Å². The molecule has 1 fully saturated rings. The number of hydrogen-bond acceptors (Lipinski definition) is 3. The van der Waals surface area contributed by atoms with Crippen molar-refractivity contribution in [3.63, 3.8) is 0 Å². The van der Waals surface area contributed by atoms with Crippen LogP contribution in [-0.2, 0) is 20.4 Å². The van der Waals surface area contributed by atoms with Crippen molar-refractivity contribution in [2.45, 2.75) is 20.3 Å². The van der Waals surface area contributed by atoms with Gasteiger partial charge < -0.3 is 10.4 Å². The molecule has 1 saturated carbocycles. The van der Waals surface area contributed by atoms with E-state index >= 15 is 0 Å². The van der Waals surface area contributed by atoms with Crippen LogP contribution < -0.4 is 5.32 Å². The van der Waals surface area contributed by atoms with Gasteiger partial charge in [-0.25, -0.2) is 0 Å². The first kappa shape index (κ1) is 14.2. The molecular weight excluding hydrogens is 242 g/mol. The van der Waals surface area contributed by atoms with Crippen LogP contribution in [0.5, 0.6) is 0 Å². The van der Waals surface area contributed by atoms with Crippen LogP contribution in [0.4, 0.5) is 0 Å². The highest BCUT2D eigenvalue weighted by Gasteiger charge is 2.65. The normalized spacial score (nSPS) is 27.2. The molecule has 1 aliphatic carbocycles. The van der Waals surface area contributed by atoms with Gasteiger partial charge in [-0.1, -0.05) is 13.8 Å². The summed E-state index contributed by atoms with van der Waals surface area (Å²) in [6, 6.07) is 0. The topological polar surface area (TPSA) is 83.5 Å². The lowest BCUT2D eigenvalue weighted by Crippen LogP contribution is -2.28. The predicted molar refractivity (Wildman–Crippen MR) is 65.0 cm³/mol. The highest BCUT2D eigenvalue weighted by molar-refractivity contribution is 7.84. The van der Waals surface area contributed by atoms with Crippen molar-refractivity contribution in [3.05, 3.63) is 0 Å². The van der Waals surface area contributed by atoms with Crippen molar-refractivity contribution in [1.29, 1.82) is 0 Å². The maximum atomic E-state index is 11.7. The second-order valence-corrected chi connectivity index (χ2v) is 6.59. The molecule has 0 heterocycles. The lowest BCUT2D eigenvalue weighted by atomic mass is 10.1. The number of carboxylic acids is 1. The molecule has 0 aromatic heterocycles. The van der Waals surface area contributed by atoms with Gasteiger partial charge in [0.05, 0.1) is 11.8 Å². The second kappa shape index (κ2) is 5.16. The zero-order valence-electron chi connectivity index (χ0n) is 10.4.